The molecule has 1 aromatic rings. The Morgan fingerprint density at radius 3 is 2.63 bits per heavy atom. The third kappa shape index (κ3) is 2.69. The van der Waals surface area contributed by atoms with Gasteiger partial charge in [-0.15, -0.1) is 11.6 Å². The van der Waals surface area contributed by atoms with Gasteiger partial charge >= 0.3 is 6.18 Å². The topological polar surface area (TPSA) is 9.23 Å². The molecule has 0 aliphatic heterocycles. The van der Waals surface area contributed by atoms with Crippen LogP contribution in [0.5, 0.6) is 5.75 Å². The van der Waals surface area contributed by atoms with Gasteiger partial charge in [0.05, 0.1) is 5.56 Å². The SMILES string of the molecule is CCC1(C)C(Cl)CC1Oc1cccc(C(F)(F)F)c1. The second-order valence-corrected chi connectivity index (χ2v) is 5.72. The normalized spacial score (nSPS) is 30.8. The molecule has 0 amide bonds. The lowest BCUT2D eigenvalue weighted by molar-refractivity contribution is -0.137. The molecule has 106 valence electrons. The Balaban J connectivity index is 2.13. The van der Waals surface area contributed by atoms with Crippen LogP contribution in [0.2, 0.25) is 0 Å². The standard InChI is InChI=1S/C14H16ClF3O/c1-3-13(2)11(15)8-12(13)19-10-6-4-5-9(7-10)14(16,17)18/h4-7,11-12H,3,8H2,1-2H3. The molecule has 3 atom stereocenters. The summed E-state index contributed by atoms with van der Waals surface area (Å²) in [5.41, 5.74) is -0.861. The summed E-state index contributed by atoms with van der Waals surface area (Å²) in [7, 11) is 0. The smallest absolute Gasteiger partial charge is 0.416 e. The maximum absolute atomic E-state index is 12.6. The Labute approximate surface area is 115 Å². The molecule has 3 unspecified atom stereocenters. The lowest BCUT2D eigenvalue weighted by Crippen LogP contribution is -2.55. The minimum atomic E-state index is -4.35. The van der Waals surface area contributed by atoms with E-state index < -0.39 is 11.7 Å². The Morgan fingerprint density at radius 1 is 1.42 bits per heavy atom. The molecule has 5 heteroatoms. The van der Waals surface area contributed by atoms with Crippen LogP contribution in [0.15, 0.2) is 24.3 Å². The molecular formula is C14H16ClF3O. The highest BCUT2D eigenvalue weighted by molar-refractivity contribution is 6.21. The number of benzene rings is 1. The Kier molecular flexibility index (Phi) is 3.74. The molecule has 19 heavy (non-hydrogen) atoms. The van der Waals surface area contributed by atoms with Gasteiger partial charge in [0, 0.05) is 17.2 Å². The van der Waals surface area contributed by atoms with Gasteiger partial charge in [0.1, 0.15) is 11.9 Å². The Morgan fingerprint density at radius 2 is 2.11 bits per heavy atom. The zero-order valence-corrected chi connectivity index (χ0v) is 11.6. The molecule has 0 spiro atoms. The summed E-state index contributed by atoms with van der Waals surface area (Å²) >= 11 is 6.16. The van der Waals surface area contributed by atoms with Crippen molar-refractivity contribution in [2.24, 2.45) is 5.41 Å². The van der Waals surface area contributed by atoms with Crippen LogP contribution in [-0.4, -0.2) is 11.5 Å². The van der Waals surface area contributed by atoms with Gasteiger partial charge in [-0.1, -0.05) is 19.9 Å². The van der Waals surface area contributed by atoms with Crippen molar-refractivity contribution in [1.29, 1.82) is 0 Å². The van der Waals surface area contributed by atoms with Gasteiger partial charge in [0.15, 0.2) is 0 Å². The summed E-state index contributed by atoms with van der Waals surface area (Å²) in [6.07, 6.45) is -2.96. The predicted octanol–water partition coefficient (Wildman–Crippen LogP) is 4.88. The summed E-state index contributed by atoms with van der Waals surface area (Å²) in [4.78, 5) is 0. The van der Waals surface area contributed by atoms with Crippen LogP contribution in [0, 0.1) is 5.41 Å². The van der Waals surface area contributed by atoms with Crippen molar-refractivity contribution in [3.8, 4) is 5.75 Å². The fourth-order valence-electron chi connectivity index (χ4n) is 2.31. The number of hydrogen-bond donors (Lipinski definition) is 0. The van der Waals surface area contributed by atoms with Gasteiger partial charge in [0.2, 0.25) is 0 Å². The first-order chi connectivity index (χ1) is 8.77. The first-order valence-corrected chi connectivity index (χ1v) is 6.69. The van der Waals surface area contributed by atoms with Crippen molar-refractivity contribution in [1.82, 2.24) is 0 Å². The summed E-state index contributed by atoms with van der Waals surface area (Å²) in [6.45, 7) is 4.02. The van der Waals surface area contributed by atoms with E-state index in [0.717, 1.165) is 18.6 Å². The van der Waals surface area contributed by atoms with Crippen LogP contribution in [0.1, 0.15) is 32.3 Å². The van der Waals surface area contributed by atoms with E-state index in [4.69, 9.17) is 16.3 Å². The third-order valence-electron chi connectivity index (χ3n) is 4.07. The average Bonchev–Trinajstić information content (AvgIpc) is 2.36. The van der Waals surface area contributed by atoms with Crippen LogP contribution in [-0.2, 0) is 6.18 Å². The molecule has 0 aromatic heterocycles. The van der Waals surface area contributed by atoms with Gasteiger partial charge in [-0.2, -0.15) is 13.2 Å². The minimum Gasteiger partial charge on any atom is -0.490 e. The number of halogens is 4. The maximum Gasteiger partial charge on any atom is 0.416 e. The maximum atomic E-state index is 12.6. The zero-order valence-electron chi connectivity index (χ0n) is 10.8. The number of ether oxygens (including phenoxy) is 1. The molecular weight excluding hydrogens is 277 g/mol. The van der Waals surface area contributed by atoms with Crippen molar-refractivity contribution in [2.45, 2.75) is 44.3 Å². The molecule has 1 saturated carbocycles. The Bertz CT molecular complexity index is 460. The number of rotatable bonds is 3. The third-order valence-corrected chi connectivity index (χ3v) is 4.75. The summed E-state index contributed by atoms with van der Waals surface area (Å²) in [5, 5.41) is 0.0216. The first-order valence-electron chi connectivity index (χ1n) is 6.25. The van der Waals surface area contributed by atoms with Crippen molar-refractivity contribution < 1.29 is 17.9 Å². The van der Waals surface area contributed by atoms with Gasteiger partial charge in [0.25, 0.3) is 0 Å². The fourth-order valence-corrected chi connectivity index (χ4v) is 2.77. The van der Waals surface area contributed by atoms with Crippen LogP contribution in [0.3, 0.4) is 0 Å². The lowest BCUT2D eigenvalue weighted by Gasteiger charge is -2.50. The van der Waals surface area contributed by atoms with E-state index >= 15 is 0 Å². The molecule has 0 bridgehead atoms. The van der Waals surface area contributed by atoms with E-state index in [0.29, 0.717) is 6.42 Å². The van der Waals surface area contributed by atoms with Gasteiger partial charge < -0.3 is 4.74 Å². The van der Waals surface area contributed by atoms with Crippen LogP contribution >= 0.6 is 11.6 Å². The second kappa shape index (κ2) is 4.89. The second-order valence-electron chi connectivity index (χ2n) is 5.19. The van der Waals surface area contributed by atoms with E-state index in [-0.39, 0.29) is 22.6 Å². The van der Waals surface area contributed by atoms with E-state index in [9.17, 15) is 13.2 Å². The predicted molar refractivity (Wildman–Crippen MR) is 68.5 cm³/mol. The number of hydrogen-bond acceptors (Lipinski definition) is 1. The summed E-state index contributed by atoms with van der Waals surface area (Å²) in [5.74, 6) is 0.253. The van der Waals surface area contributed by atoms with E-state index in [1.165, 1.54) is 6.07 Å². The lowest BCUT2D eigenvalue weighted by atomic mass is 9.65. The molecule has 0 heterocycles. The average molecular weight is 293 g/mol. The number of alkyl halides is 4. The molecule has 0 saturated heterocycles. The van der Waals surface area contributed by atoms with Gasteiger partial charge in [-0.05, 0) is 24.6 Å². The first kappa shape index (κ1) is 14.5. The van der Waals surface area contributed by atoms with E-state index in [1.807, 2.05) is 13.8 Å². The monoisotopic (exact) mass is 292 g/mol. The largest absolute Gasteiger partial charge is 0.490 e. The van der Waals surface area contributed by atoms with Crippen LogP contribution in [0.4, 0.5) is 13.2 Å². The van der Waals surface area contributed by atoms with Crippen LogP contribution in [0.25, 0.3) is 0 Å². The molecule has 1 aromatic carbocycles. The highest BCUT2D eigenvalue weighted by atomic mass is 35.5. The summed E-state index contributed by atoms with van der Waals surface area (Å²) < 4.78 is 43.5. The van der Waals surface area contributed by atoms with Crippen LogP contribution < -0.4 is 4.74 Å². The Hall–Kier alpha value is -0.900. The molecule has 0 radical (unpaired) electrons. The molecule has 0 N–H and O–H groups in total. The zero-order chi connectivity index (χ0) is 14.3. The molecule has 2 rings (SSSR count). The minimum absolute atomic E-state index is 0.0216. The molecule has 1 fully saturated rings. The van der Waals surface area contributed by atoms with E-state index in [2.05, 4.69) is 0 Å². The van der Waals surface area contributed by atoms with Crippen molar-refractivity contribution in [2.75, 3.05) is 0 Å². The fraction of sp³-hybridized carbons (Fsp3) is 0.571. The summed E-state index contributed by atoms with van der Waals surface area (Å²) in [6, 6.07) is 4.99. The van der Waals surface area contributed by atoms with Crippen molar-refractivity contribution >= 4 is 11.6 Å². The van der Waals surface area contributed by atoms with Gasteiger partial charge in [-0.3, -0.25) is 0 Å². The van der Waals surface area contributed by atoms with Crippen molar-refractivity contribution in [3.05, 3.63) is 29.8 Å². The van der Waals surface area contributed by atoms with E-state index in [1.54, 1.807) is 6.07 Å². The molecule has 1 aliphatic rings. The highest BCUT2D eigenvalue weighted by Gasteiger charge is 2.51. The molecule has 1 aliphatic carbocycles. The van der Waals surface area contributed by atoms with Crippen molar-refractivity contribution in [3.63, 3.8) is 0 Å². The highest BCUT2D eigenvalue weighted by Crippen LogP contribution is 2.49. The molecule has 1 nitrogen and oxygen atoms in total. The van der Waals surface area contributed by atoms with Gasteiger partial charge in [-0.25, -0.2) is 0 Å². The quantitative estimate of drug-likeness (QED) is 0.722.